The summed E-state index contributed by atoms with van der Waals surface area (Å²) in [6, 6.07) is 16.2. The second-order valence-electron chi connectivity index (χ2n) is 6.53. The topological polar surface area (TPSA) is 80.8 Å². The van der Waals surface area contributed by atoms with Crippen molar-refractivity contribution in [2.45, 2.75) is 13.0 Å². The fourth-order valence-corrected chi connectivity index (χ4v) is 3.26. The highest BCUT2D eigenvalue weighted by Gasteiger charge is 2.29. The van der Waals surface area contributed by atoms with Crippen LogP contribution in [0.25, 0.3) is 0 Å². The number of phenols is 1. The van der Waals surface area contributed by atoms with E-state index in [0.29, 0.717) is 11.3 Å². The molecular formula is C20H23N4O2+. The number of piperazine rings is 1. The lowest BCUT2D eigenvalue weighted by atomic mass is 10.1. The van der Waals surface area contributed by atoms with Crippen LogP contribution in [0.2, 0.25) is 0 Å². The Bertz CT molecular complexity index is 805. The third kappa shape index (κ3) is 3.95. The summed E-state index contributed by atoms with van der Waals surface area (Å²) in [4.78, 5) is 16.1. The number of amides is 1. The van der Waals surface area contributed by atoms with Crippen LogP contribution < -0.4 is 15.1 Å². The summed E-state index contributed by atoms with van der Waals surface area (Å²) in [6.07, 6.45) is 0. The Morgan fingerprint density at radius 2 is 1.85 bits per heavy atom. The van der Waals surface area contributed by atoms with Crippen LogP contribution in [0.4, 0.5) is 11.4 Å². The Labute approximate surface area is 153 Å². The normalized spacial score (nSPS) is 15.9. The number of hydrogen-bond donors (Lipinski definition) is 3. The molecule has 1 fully saturated rings. The Hall–Kier alpha value is -3.04. The first-order chi connectivity index (χ1) is 12.6. The van der Waals surface area contributed by atoms with E-state index >= 15 is 0 Å². The fourth-order valence-electron chi connectivity index (χ4n) is 3.26. The highest BCUT2D eigenvalue weighted by molar-refractivity contribution is 5.94. The molecule has 2 aromatic rings. The summed E-state index contributed by atoms with van der Waals surface area (Å²) in [5, 5.41) is 21.4. The smallest absolute Gasteiger partial charge is 0.282 e. The van der Waals surface area contributed by atoms with E-state index in [9.17, 15) is 9.90 Å². The summed E-state index contributed by atoms with van der Waals surface area (Å²) in [7, 11) is 0. The van der Waals surface area contributed by atoms with Gasteiger partial charge in [-0.3, -0.25) is 4.79 Å². The molecule has 1 saturated heterocycles. The molecule has 0 aromatic heterocycles. The second kappa shape index (κ2) is 7.89. The largest absolute Gasteiger partial charge is 0.508 e. The van der Waals surface area contributed by atoms with Gasteiger partial charge in [0.25, 0.3) is 5.91 Å². The van der Waals surface area contributed by atoms with Crippen LogP contribution in [-0.4, -0.2) is 43.2 Å². The zero-order valence-electron chi connectivity index (χ0n) is 14.8. The van der Waals surface area contributed by atoms with E-state index in [4.69, 9.17) is 5.26 Å². The van der Waals surface area contributed by atoms with Crippen molar-refractivity contribution in [3.05, 3.63) is 54.1 Å². The van der Waals surface area contributed by atoms with Gasteiger partial charge in [0.05, 0.1) is 37.4 Å². The molecule has 2 aromatic carbocycles. The summed E-state index contributed by atoms with van der Waals surface area (Å²) in [6.45, 7) is 5.35. The van der Waals surface area contributed by atoms with Gasteiger partial charge >= 0.3 is 0 Å². The van der Waals surface area contributed by atoms with Crippen molar-refractivity contribution >= 4 is 17.3 Å². The number of aromatic hydroxyl groups is 1. The molecular weight excluding hydrogens is 328 g/mol. The Morgan fingerprint density at radius 3 is 2.50 bits per heavy atom. The van der Waals surface area contributed by atoms with Crippen molar-refractivity contribution in [3.63, 3.8) is 0 Å². The lowest BCUT2D eigenvalue weighted by molar-refractivity contribution is -0.914. The molecule has 0 bridgehead atoms. The summed E-state index contributed by atoms with van der Waals surface area (Å²) < 4.78 is 0. The van der Waals surface area contributed by atoms with E-state index in [-0.39, 0.29) is 17.7 Å². The van der Waals surface area contributed by atoms with Crippen molar-refractivity contribution in [2.24, 2.45) is 0 Å². The number of carbonyl (C=O) groups is 1. The number of anilines is 2. The number of phenolic OH excluding ortho intramolecular Hbond substituents is 1. The maximum Gasteiger partial charge on any atom is 0.282 e. The lowest BCUT2D eigenvalue weighted by Gasteiger charge is -2.36. The molecule has 1 aliphatic rings. The Morgan fingerprint density at radius 1 is 1.19 bits per heavy atom. The molecule has 0 unspecified atom stereocenters. The van der Waals surface area contributed by atoms with Gasteiger partial charge in [-0.25, -0.2) is 0 Å². The zero-order chi connectivity index (χ0) is 18.5. The summed E-state index contributed by atoms with van der Waals surface area (Å²) >= 11 is 0. The van der Waals surface area contributed by atoms with Gasteiger partial charge < -0.3 is 20.2 Å². The molecule has 1 heterocycles. The predicted molar refractivity (Wildman–Crippen MR) is 100 cm³/mol. The van der Waals surface area contributed by atoms with E-state index in [1.807, 2.05) is 25.1 Å². The first-order valence-electron chi connectivity index (χ1n) is 8.77. The number of benzene rings is 2. The van der Waals surface area contributed by atoms with Gasteiger partial charge in [-0.05, 0) is 43.3 Å². The van der Waals surface area contributed by atoms with Crippen molar-refractivity contribution < 1.29 is 14.8 Å². The quantitative estimate of drug-likeness (QED) is 0.768. The number of nitrogens with one attached hydrogen (secondary N) is 2. The molecule has 3 rings (SSSR count). The molecule has 26 heavy (non-hydrogen) atoms. The molecule has 3 N–H and O–H groups in total. The monoisotopic (exact) mass is 351 g/mol. The minimum Gasteiger partial charge on any atom is -0.508 e. The van der Waals surface area contributed by atoms with Crippen LogP contribution >= 0.6 is 0 Å². The van der Waals surface area contributed by atoms with Gasteiger partial charge in [-0.2, -0.15) is 5.26 Å². The molecule has 0 saturated carbocycles. The molecule has 1 atom stereocenters. The van der Waals surface area contributed by atoms with Crippen molar-refractivity contribution in [1.29, 1.82) is 5.26 Å². The molecule has 6 heteroatoms. The number of carbonyl (C=O) groups excluding carboxylic acids is 1. The minimum absolute atomic E-state index is 0.0687. The van der Waals surface area contributed by atoms with Crippen LogP contribution in [-0.2, 0) is 4.79 Å². The molecule has 134 valence electrons. The highest BCUT2D eigenvalue weighted by Crippen LogP contribution is 2.18. The minimum atomic E-state index is -0.191. The maximum absolute atomic E-state index is 12.6. The van der Waals surface area contributed by atoms with Gasteiger partial charge in [-0.1, -0.05) is 12.1 Å². The molecule has 0 spiro atoms. The molecule has 1 aliphatic heterocycles. The SMILES string of the molecule is C[C@@H](C(=O)Nc1ccccc1C#N)[NH+]1CCN(c2ccc(O)cc2)CC1. The molecule has 1 amide bonds. The zero-order valence-corrected chi connectivity index (χ0v) is 14.8. The maximum atomic E-state index is 12.6. The number of rotatable bonds is 4. The van der Waals surface area contributed by atoms with Crippen LogP contribution in [0.5, 0.6) is 5.75 Å². The third-order valence-electron chi connectivity index (χ3n) is 4.93. The van der Waals surface area contributed by atoms with Crippen LogP contribution in [0.1, 0.15) is 12.5 Å². The molecule has 0 aliphatic carbocycles. The first kappa shape index (κ1) is 17.8. The average molecular weight is 351 g/mol. The van der Waals surface area contributed by atoms with E-state index in [1.54, 1.807) is 30.3 Å². The van der Waals surface area contributed by atoms with Crippen LogP contribution in [0.15, 0.2) is 48.5 Å². The van der Waals surface area contributed by atoms with E-state index in [2.05, 4.69) is 16.3 Å². The third-order valence-corrected chi connectivity index (χ3v) is 4.93. The number of nitrogens with zero attached hydrogens (tertiary/aromatic N) is 2. The number of para-hydroxylation sites is 1. The molecule has 6 nitrogen and oxygen atoms in total. The van der Waals surface area contributed by atoms with E-state index < -0.39 is 0 Å². The summed E-state index contributed by atoms with van der Waals surface area (Å²) in [5.74, 6) is 0.196. The van der Waals surface area contributed by atoms with Crippen LogP contribution in [0, 0.1) is 11.3 Å². The number of quaternary nitrogens is 1. The van der Waals surface area contributed by atoms with Crippen molar-refractivity contribution in [3.8, 4) is 11.8 Å². The van der Waals surface area contributed by atoms with Crippen molar-refractivity contribution in [1.82, 2.24) is 0 Å². The lowest BCUT2D eigenvalue weighted by Crippen LogP contribution is -3.19. The molecule has 0 radical (unpaired) electrons. The standard InChI is InChI=1S/C20H22N4O2/c1-15(20(26)22-19-5-3-2-4-16(19)14-21)23-10-12-24(13-11-23)17-6-8-18(25)9-7-17/h2-9,15,25H,10-13H2,1H3,(H,22,26)/p+1/t15-/m0/s1. The van der Waals surface area contributed by atoms with Gasteiger partial charge in [0.2, 0.25) is 0 Å². The van der Waals surface area contributed by atoms with Crippen LogP contribution in [0.3, 0.4) is 0 Å². The number of nitriles is 1. The van der Waals surface area contributed by atoms with Gasteiger partial charge in [0.1, 0.15) is 11.8 Å². The van der Waals surface area contributed by atoms with Gasteiger partial charge in [-0.15, -0.1) is 0 Å². The summed E-state index contributed by atoms with van der Waals surface area (Å²) in [5.41, 5.74) is 2.12. The van der Waals surface area contributed by atoms with E-state index in [0.717, 1.165) is 31.9 Å². The Kier molecular flexibility index (Phi) is 5.40. The van der Waals surface area contributed by atoms with E-state index in [1.165, 1.54) is 4.90 Å². The Balaban J connectivity index is 1.57. The van der Waals surface area contributed by atoms with Gasteiger partial charge in [0.15, 0.2) is 6.04 Å². The second-order valence-corrected chi connectivity index (χ2v) is 6.53. The van der Waals surface area contributed by atoms with Gasteiger partial charge in [0, 0.05) is 5.69 Å². The fraction of sp³-hybridized carbons (Fsp3) is 0.300. The van der Waals surface area contributed by atoms with Crippen molar-refractivity contribution in [2.75, 3.05) is 36.4 Å². The number of hydrogen-bond acceptors (Lipinski definition) is 4. The predicted octanol–water partition coefficient (Wildman–Crippen LogP) is 0.996. The first-order valence-corrected chi connectivity index (χ1v) is 8.77. The highest BCUT2D eigenvalue weighted by atomic mass is 16.3. The average Bonchev–Trinajstić information content (AvgIpc) is 2.68.